The highest BCUT2D eigenvalue weighted by molar-refractivity contribution is 6.84. The molecule has 0 aromatic carbocycles. The zero-order valence-corrected chi connectivity index (χ0v) is 27.0. The molecule has 2 aromatic rings. The number of aromatic nitrogens is 4. The maximum atomic E-state index is 12.8. The third-order valence-corrected chi connectivity index (χ3v) is 18.3. The number of nitrogens with zero attached hydrogens (tertiary/aromatic N) is 3. The smallest absolute Gasteiger partial charge is 0.335 e. The summed E-state index contributed by atoms with van der Waals surface area (Å²) in [5.41, 5.74) is 0.824. The molecule has 39 heavy (non-hydrogen) atoms. The Labute approximate surface area is 233 Å². The van der Waals surface area contributed by atoms with E-state index in [1.807, 2.05) is 0 Å². The van der Waals surface area contributed by atoms with E-state index < -0.39 is 41.7 Å². The van der Waals surface area contributed by atoms with Gasteiger partial charge in [-0.25, -0.2) is 4.98 Å². The van der Waals surface area contributed by atoms with Crippen LogP contribution in [0.4, 0.5) is 5.95 Å². The number of hydrogen-bond acceptors (Lipinski definition) is 9. The summed E-state index contributed by atoms with van der Waals surface area (Å²) in [6, 6.07) is 0. The van der Waals surface area contributed by atoms with Gasteiger partial charge in [0.15, 0.2) is 17.4 Å². The van der Waals surface area contributed by atoms with Crippen molar-refractivity contribution in [3.8, 4) is 0 Å². The predicted octanol–water partition coefficient (Wildman–Crippen LogP) is 4.40. The number of imidazole rings is 1. The maximum Gasteiger partial charge on any atom is 0.335 e. The zero-order chi connectivity index (χ0) is 28.9. The molecule has 0 radical (unpaired) electrons. The van der Waals surface area contributed by atoms with Gasteiger partial charge < -0.3 is 28.1 Å². The highest BCUT2D eigenvalue weighted by atomic mass is 28.5. The lowest BCUT2D eigenvalue weighted by molar-refractivity contribution is -0.0570. The van der Waals surface area contributed by atoms with E-state index in [-0.39, 0.29) is 39.8 Å². The van der Waals surface area contributed by atoms with Gasteiger partial charge in [-0.3, -0.25) is 14.3 Å². The van der Waals surface area contributed by atoms with Gasteiger partial charge in [0.2, 0.25) is 5.95 Å². The summed E-state index contributed by atoms with van der Waals surface area (Å²) in [4.78, 5) is 24.4. The Balaban J connectivity index is 1.75. The van der Waals surface area contributed by atoms with Crippen molar-refractivity contribution in [2.45, 2.75) is 116 Å². The Morgan fingerprint density at radius 3 is 2.23 bits per heavy atom. The van der Waals surface area contributed by atoms with E-state index >= 15 is 0 Å². The number of aromatic amines is 1. The first-order valence-corrected chi connectivity index (χ1v) is 18.2. The van der Waals surface area contributed by atoms with Crippen LogP contribution >= 0.6 is 0 Å². The number of nitrogens with one attached hydrogen (secondary N) is 2. The van der Waals surface area contributed by atoms with E-state index in [0.717, 1.165) is 0 Å². The van der Waals surface area contributed by atoms with Gasteiger partial charge in [-0.2, -0.15) is 4.98 Å². The van der Waals surface area contributed by atoms with Crippen molar-refractivity contribution in [3.63, 3.8) is 0 Å². The summed E-state index contributed by atoms with van der Waals surface area (Å²) in [5.74, 6) is 0.718. The highest BCUT2D eigenvalue weighted by Gasteiger charge is 2.61. The van der Waals surface area contributed by atoms with Crippen LogP contribution < -0.4 is 10.9 Å². The third-order valence-electron chi connectivity index (χ3n) is 8.03. The normalized spacial score (nSPS) is 27.1. The number of rotatable bonds is 8. The van der Waals surface area contributed by atoms with Gasteiger partial charge >= 0.3 is 17.1 Å². The molecule has 4 atom stereocenters. The van der Waals surface area contributed by atoms with Crippen molar-refractivity contribution < 1.29 is 22.8 Å². The highest BCUT2D eigenvalue weighted by Crippen LogP contribution is 2.48. The second-order valence-corrected chi connectivity index (χ2v) is 21.5. The maximum absolute atomic E-state index is 12.8. The molecule has 11 nitrogen and oxygen atoms in total. The Bertz CT molecular complexity index is 1180. The lowest BCUT2D eigenvalue weighted by Crippen LogP contribution is -2.65. The molecule has 220 valence electrons. The summed E-state index contributed by atoms with van der Waals surface area (Å²) < 4.78 is 29.1. The number of aliphatic hydroxyl groups is 1. The van der Waals surface area contributed by atoms with Crippen LogP contribution in [0.1, 0.15) is 75.5 Å². The molecule has 0 bridgehead atoms. The molecule has 2 fully saturated rings. The summed E-state index contributed by atoms with van der Waals surface area (Å²) in [5, 5.41) is 14.9. The van der Waals surface area contributed by atoms with Crippen LogP contribution in [0.3, 0.4) is 0 Å². The molecule has 1 unspecified atom stereocenters. The fraction of sp³-hybridized carbons (Fsp3) is 0.808. The molecule has 0 aliphatic carbocycles. The Hall–Kier alpha value is -1.62. The first-order chi connectivity index (χ1) is 18.2. The number of hydrogen-bond donors (Lipinski definition) is 3. The summed E-state index contributed by atoms with van der Waals surface area (Å²) in [7, 11) is -5.66. The lowest BCUT2D eigenvalue weighted by atomic mass is 10.1. The van der Waals surface area contributed by atoms with Gasteiger partial charge in [0, 0.05) is 6.54 Å². The van der Waals surface area contributed by atoms with Crippen LogP contribution in [0, 0.1) is 5.92 Å². The minimum atomic E-state index is -2.92. The SMILES string of the molecule is CC(C)CNc1nc2c(ncn2[C@@H]2OC3CO[Si](C(C)C)(C(C)C)O[Si](C(C)C)(C(C)C)O[C@@H]3[C@H]2O)c(=O)[nH]1. The molecule has 2 aliphatic rings. The average Bonchev–Trinajstić information content (AvgIpc) is 3.38. The second-order valence-electron chi connectivity index (χ2n) is 12.6. The van der Waals surface area contributed by atoms with Crippen molar-refractivity contribution in [3.05, 3.63) is 16.7 Å². The van der Waals surface area contributed by atoms with Gasteiger partial charge in [-0.1, -0.05) is 69.2 Å². The molecule has 4 rings (SSSR count). The topological polar surface area (TPSA) is 133 Å². The van der Waals surface area contributed by atoms with Crippen molar-refractivity contribution in [1.82, 2.24) is 19.5 Å². The van der Waals surface area contributed by atoms with Crippen LogP contribution in [0.5, 0.6) is 0 Å². The molecule has 13 heteroatoms. The Kier molecular flexibility index (Phi) is 8.82. The number of anilines is 1. The van der Waals surface area contributed by atoms with Crippen molar-refractivity contribution in [1.29, 1.82) is 0 Å². The molecule has 0 spiro atoms. The monoisotopic (exact) mass is 581 g/mol. The molecular formula is C26H47N5O6Si2. The van der Waals surface area contributed by atoms with Crippen molar-refractivity contribution in [2.24, 2.45) is 5.92 Å². The molecule has 2 saturated heterocycles. The van der Waals surface area contributed by atoms with E-state index in [1.165, 1.54) is 6.33 Å². The molecular weight excluding hydrogens is 534 g/mol. The quantitative estimate of drug-likeness (QED) is 0.388. The summed E-state index contributed by atoms with van der Waals surface area (Å²) in [6.07, 6.45) is -1.56. The number of ether oxygens (including phenoxy) is 1. The zero-order valence-electron chi connectivity index (χ0n) is 25.0. The van der Waals surface area contributed by atoms with Gasteiger partial charge in [0.25, 0.3) is 5.56 Å². The Morgan fingerprint density at radius 2 is 1.67 bits per heavy atom. The van der Waals surface area contributed by atoms with Gasteiger partial charge in [-0.15, -0.1) is 0 Å². The number of fused-ring (bicyclic) bond motifs is 2. The van der Waals surface area contributed by atoms with Crippen molar-refractivity contribution >= 4 is 34.2 Å². The number of aliphatic hydroxyl groups excluding tert-OH is 1. The second kappa shape index (κ2) is 11.3. The summed E-state index contributed by atoms with van der Waals surface area (Å²) in [6.45, 7) is 22.3. The van der Waals surface area contributed by atoms with Crippen LogP contribution in [0.2, 0.25) is 22.2 Å². The molecule has 0 amide bonds. The molecule has 0 saturated carbocycles. The van der Waals surface area contributed by atoms with E-state index in [4.69, 9.17) is 17.7 Å². The average molecular weight is 582 g/mol. The van der Waals surface area contributed by atoms with Crippen molar-refractivity contribution in [2.75, 3.05) is 18.5 Å². The van der Waals surface area contributed by atoms with Gasteiger partial charge in [-0.05, 0) is 28.1 Å². The summed E-state index contributed by atoms with van der Waals surface area (Å²) >= 11 is 0. The standard InChI is InChI=1S/C26H47N5O6Si2/c1-14(2)11-27-26-29-23-20(24(33)30-26)28-13-31(23)25-21(32)22-19(35-25)12-34-38(15(3)4,16(5)6)37-39(36-22,17(7)8)18(9)10/h13-19,21-22,25,32H,11-12H2,1-10H3,(H2,27,29,30,33)/t19?,21-,22+,25-/m1/s1. The number of H-pyrrole nitrogens is 1. The van der Waals surface area contributed by atoms with E-state index in [1.54, 1.807) is 4.57 Å². The molecule has 2 aromatic heterocycles. The molecule has 2 aliphatic heterocycles. The molecule has 3 N–H and O–H groups in total. The van der Waals surface area contributed by atoms with Crippen LogP contribution in [-0.4, -0.2) is 73.2 Å². The van der Waals surface area contributed by atoms with Crippen LogP contribution in [0.25, 0.3) is 11.2 Å². The first kappa shape index (κ1) is 30.3. The fourth-order valence-corrected chi connectivity index (χ4v) is 17.1. The van der Waals surface area contributed by atoms with Gasteiger partial charge in [0.1, 0.15) is 18.3 Å². The molecule has 4 heterocycles. The third kappa shape index (κ3) is 5.38. The van der Waals surface area contributed by atoms with Crippen LogP contribution in [-0.2, 0) is 17.7 Å². The lowest BCUT2D eigenvalue weighted by Gasteiger charge is -2.51. The van der Waals surface area contributed by atoms with E-state index in [0.29, 0.717) is 24.1 Å². The van der Waals surface area contributed by atoms with E-state index in [9.17, 15) is 9.90 Å². The fourth-order valence-electron chi connectivity index (χ4n) is 5.86. The largest absolute Gasteiger partial charge is 0.414 e. The minimum absolute atomic E-state index is 0.124. The first-order valence-electron chi connectivity index (χ1n) is 14.3. The van der Waals surface area contributed by atoms with Crippen LogP contribution in [0.15, 0.2) is 11.1 Å². The van der Waals surface area contributed by atoms with E-state index in [2.05, 4.69) is 89.5 Å². The minimum Gasteiger partial charge on any atom is -0.414 e. The predicted molar refractivity (Wildman–Crippen MR) is 155 cm³/mol. The Morgan fingerprint density at radius 1 is 1.05 bits per heavy atom. The van der Waals surface area contributed by atoms with Gasteiger partial charge in [0.05, 0.1) is 12.9 Å².